The molecule has 0 fully saturated rings. The summed E-state index contributed by atoms with van der Waals surface area (Å²) in [7, 11) is 0.0285. The van der Waals surface area contributed by atoms with E-state index in [1.54, 1.807) is 20.8 Å². The van der Waals surface area contributed by atoms with E-state index in [9.17, 15) is 4.79 Å². The Hall–Kier alpha value is -2.25. The van der Waals surface area contributed by atoms with Crippen molar-refractivity contribution in [3.05, 3.63) is 46.2 Å². The highest BCUT2D eigenvalue weighted by Crippen LogP contribution is 2.35. The molecule has 0 unspecified atom stereocenters. The van der Waals surface area contributed by atoms with Crippen molar-refractivity contribution in [3.63, 3.8) is 0 Å². The summed E-state index contributed by atoms with van der Waals surface area (Å²) in [6.07, 6.45) is 0. The first-order valence-corrected chi connectivity index (χ1v) is 9.14. The average Bonchev–Trinajstić information content (AvgIpc) is 2.99. The summed E-state index contributed by atoms with van der Waals surface area (Å²) in [6, 6.07) is 8.36. The van der Waals surface area contributed by atoms with Crippen LogP contribution in [0.15, 0.2) is 35.0 Å². The molecule has 1 heterocycles. The van der Waals surface area contributed by atoms with Gasteiger partial charge in [-0.1, -0.05) is 5.92 Å². The zero-order chi connectivity index (χ0) is 17.7. The quantitative estimate of drug-likeness (QED) is 0.446. The second-order valence-electron chi connectivity index (χ2n) is 6.06. The SMILES string of the molecule is CC#CC(C)(C)OC(=O)COc1c(C)cc(-[s+]2cccc2)cc1C. The summed E-state index contributed by atoms with van der Waals surface area (Å²) >= 11 is 0. The number of esters is 1. The fourth-order valence-corrected chi connectivity index (χ4v) is 4.06. The Kier molecular flexibility index (Phi) is 5.69. The van der Waals surface area contributed by atoms with Crippen molar-refractivity contribution in [1.29, 1.82) is 0 Å². The lowest BCUT2D eigenvalue weighted by Crippen LogP contribution is -2.29. The number of carbonyl (C=O) groups is 1. The third kappa shape index (κ3) is 4.62. The van der Waals surface area contributed by atoms with Crippen LogP contribution >= 0.6 is 10.5 Å². The molecule has 0 aliphatic carbocycles. The molecule has 24 heavy (non-hydrogen) atoms. The van der Waals surface area contributed by atoms with E-state index in [1.165, 1.54) is 4.90 Å². The zero-order valence-electron chi connectivity index (χ0n) is 14.8. The Morgan fingerprint density at radius 1 is 1.17 bits per heavy atom. The molecular weight excluding hydrogens is 320 g/mol. The van der Waals surface area contributed by atoms with E-state index in [0.717, 1.165) is 16.9 Å². The van der Waals surface area contributed by atoms with Crippen molar-refractivity contribution >= 4 is 16.4 Å². The number of hydrogen-bond donors (Lipinski definition) is 0. The summed E-state index contributed by atoms with van der Waals surface area (Å²) in [6.45, 7) is 9.11. The molecule has 0 amide bonds. The van der Waals surface area contributed by atoms with E-state index in [2.05, 4.69) is 46.9 Å². The lowest BCUT2D eigenvalue weighted by molar-refractivity contribution is -0.154. The lowest BCUT2D eigenvalue weighted by Gasteiger charge is -2.19. The van der Waals surface area contributed by atoms with Crippen LogP contribution in [0.5, 0.6) is 5.75 Å². The van der Waals surface area contributed by atoms with Crippen LogP contribution in [-0.2, 0) is 9.53 Å². The van der Waals surface area contributed by atoms with E-state index in [0.29, 0.717) is 0 Å². The predicted octanol–water partition coefficient (Wildman–Crippen LogP) is 4.77. The van der Waals surface area contributed by atoms with E-state index >= 15 is 0 Å². The third-order valence-corrected chi connectivity index (χ3v) is 5.08. The molecule has 0 bridgehead atoms. The van der Waals surface area contributed by atoms with E-state index in [1.807, 2.05) is 13.8 Å². The summed E-state index contributed by atoms with van der Waals surface area (Å²) in [5.41, 5.74) is 1.24. The lowest BCUT2D eigenvalue weighted by atomic mass is 10.1. The number of ether oxygens (including phenoxy) is 2. The molecule has 126 valence electrons. The maximum atomic E-state index is 12.0. The second-order valence-corrected chi connectivity index (χ2v) is 7.82. The number of hydrogen-bond acceptors (Lipinski definition) is 3. The molecule has 0 aliphatic heterocycles. The molecule has 0 atom stereocenters. The van der Waals surface area contributed by atoms with Crippen LogP contribution in [0, 0.1) is 25.7 Å². The van der Waals surface area contributed by atoms with Gasteiger partial charge < -0.3 is 9.47 Å². The van der Waals surface area contributed by atoms with Crippen molar-refractivity contribution in [2.75, 3.05) is 6.61 Å². The van der Waals surface area contributed by atoms with Gasteiger partial charge in [-0.05, 0) is 57.9 Å². The molecule has 2 rings (SSSR count). The number of carbonyl (C=O) groups excluding carboxylic acids is 1. The van der Waals surface area contributed by atoms with Gasteiger partial charge in [-0.2, -0.15) is 0 Å². The van der Waals surface area contributed by atoms with Gasteiger partial charge in [0.1, 0.15) is 16.5 Å². The molecule has 3 nitrogen and oxygen atoms in total. The topological polar surface area (TPSA) is 35.5 Å². The summed E-state index contributed by atoms with van der Waals surface area (Å²) < 4.78 is 11.0. The predicted molar refractivity (Wildman–Crippen MR) is 98.8 cm³/mol. The first-order chi connectivity index (χ1) is 11.3. The van der Waals surface area contributed by atoms with Crippen molar-refractivity contribution in [2.45, 2.75) is 40.2 Å². The largest absolute Gasteiger partial charge is 0.481 e. The van der Waals surface area contributed by atoms with Crippen molar-refractivity contribution < 1.29 is 14.3 Å². The highest BCUT2D eigenvalue weighted by atomic mass is 32.2. The molecule has 0 saturated carbocycles. The Morgan fingerprint density at radius 2 is 1.75 bits per heavy atom. The first-order valence-electron chi connectivity index (χ1n) is 7.79. The summed E-state index contributed by atoms with van der Waals surface area (Å²) in [5.74, 6) is 5.93. The highest BCUT2D eigenvalue weighted by molar-refractivity contribution is 7.36. The Labute approximate surface area is 146 Å². The Bertz CT molecular complexity index is 754. The van der Waals surface area contributed by atoms with Crippen molar-refractivity contribution in [2.24, 2.45) is 0 Å². The highest BCUT2D eigenvalue weighted by Gasteiger charge is 2.21. The third-order valence-electron chi connectivity index (χ3n) is 3.40. The fourth-order valence-electron chi connectivity index (χ4n) is 2.51. The van der Waals surface area contributed by atoms with Gasteiger partial charge in [-0.15, -0.1) is 5.92 Å². The molecule has 0 saturated heterocycles. The average molecular weight is 343 g/mol. The summed E-state index contributed by atoms with van der Waals surface area (Å²) in [4.78, 5) is 13.2. The van der Waals surface area contributed by atoms with Gasteiger partial charge in [0, 0.05) is 22.6 Å². The number of rotatable bonds is 5. The molecule has 0 spiro atoms. The molecule has 0 aliphatic rings. The zero-order valence-corrected chi connectivity index (χ0v) is 15.6. The smallest absolute Gasteiger partial charge is 0.345 e. The minimum atomic E-state index is -0.800. The van der Waals surface area contributed by atoms with Crippen LogP contribution < -0.4 is 4.74 Å². The Morgan fingerprint density at radius 3 is 2.29 bits per heavy atom. The molecule has 0 N–H and O–H groups in total. The van der Waals surface area contributed by atoms with E-state index in [4.69, 9.17) is 9.47 Å². The molecular formula is C20H23O3S+. The van der Waals surface area contributed by atoms with Crippen molar-refractivity contribution in [3.8, 4) is 22.5 Å². The van der Waals surface area contributed by atoms with Crippen LogP contribution in [-0.4, -0.2) is 18.2 Å². The van der Waals surface area contributed by atoms with Gasteiger partial charge in [0.2, 0.25) is 0 Å². The van der Waals surface area contributed by atoms with Crippen LogP contribution in [0.25, 0.3) is 4.90 Å². The molecule has 0 radical (unpaired) electrons. The van der Waals surface area contributed by atoms with Gasteiger partial charge in [-0.25, -0.2) is 4.79 Å². The molecule has 4 heteroatoms. The number of aryl methyl sites for hydroxylation is 2. The maximum absolute atomic E-state index is 12.0. The monoisotopic (exact) mass is 343 g/mol. The van der Waals surface area contributed by atoms with Crippen LogP contribution in [0.1, 0.15) is 31.9 Å². The molecule has 1 aromatic carbocycles. The van der Waals surface area contributed by atoms with E-state index in [-0.39, 0.29) is 17.1 Å². The minimum Gasteiger partial charge on any atom is -0.481 e. The summed E-state index contributed by atoms with van der Waals surface area (Å²) in [5, 5.41) is 4.37. The number of benzene rings is 1. The number of thiophene rings is 1. The van der Waals surface area contributed by atoms with Crippen LogP contribution in [0.3, 0.4) is 0 Å². The van der Waals surface area contributed by atoms with Gasteiger partial charge in [0.25, 0.3) is 0 Å². The minimum absolute atomic E-state index is 0.0285. The molecule has 1 aromatic heterocycles. The second kappa shape index (κ2) is 7.55. The van der Waals surface area contributed by atoms with Gasteiger partial charge in [-0.3, -0.25) is 0 Å². The molecule has 2 aromatic rings. The normalized spacial score (nSPS) is 10.7. The van der Waals surface area contributed by atoms with Crippen LogP contribution in [0.2, 0.25) is 0 Å². The Balaban J connectivity index is 2.08. The fraction of sp³-hybridized carbons (Fsp3) is 0.350. The maximum Gasteiger partial charge on any atom is 0.345 e. The van der Waals surface area contributed by atoms with Gasteiger partial charge in [0.15, 0.2) is 17.1 Å². The van der Waals surface area contributed by atoms with Crippen LogP contribution in [0.4, 0.5) is 0 Å². The van der Waals surface area contributed by atoms with Gasteiger partial charge >= 0.3 is 5.97 Å². The van der Waals surface area contributed by atoms with Crippen molar-refractivity contribution in [1.82, 2.24) is 0 Å². The standard InChI is InChI=1S/C20H23O3S/c1-6-9-20(4,5)23-18(21)14-22-19-15(2)12-17(13-16(19)3)24-10-7-8-11-24/h7-8,10-13H,14H2,1-5H3/q+1. The van der Waals surface area contributed by atoms with E-state index < -0.39 is 11.6 Å². The first kappa shape index (κ1) is 18.1. The van der Waals surface area contributed by atoms with Gasteiger partial charge in [0.05, 0.1) is 0 Å².